The van der Waals surface area contributed by atoms with E-state index in [2.05, 4.69) is 4.72 Å². The normalized spacial score (nSPS) is 16.3. The minimum atomic E-state index is -3.87. The minimum Gasteiger partial charge on any atom is -0.454 e. The molecule has 2 aromatic rings. The SMILES string of the molecule is Cc1c(S(=O)(=O)Nc2ccc3c(c2)OCO3)cc(C(=O)N2CCCCC2)n1C. The van der Waals surface area contributed by atoms with Gasteiger partial charge >= 0.3 is 0 Å². The van der Waals surface area contributed by atoms with Crippen molar-refractivity contribution in [1.82, 2.24) is 9.47 Å². The van der Waals surface area contributed by atoms with E-state index in [-0.39, 0.29) is 17.6 Å². The number of rotatable bonds is 4. The van der Waals surface area contributed by atoms with E-state index in [0.29, 0.717) is 41.7 Å². The fourth-order valence-electron chi connectivity index (χ4n) is 3.58. The summed E-state index contributed by atoms with van der Waals surface area (Å²) in [5, 5.41) is 0. The molecule has 0 spiro atoms. The van der Waals surface area contributed by atoms with Gasteiger partial charge in [0.05, 0.1) is 5.69 Å². The number of ether oxygens (including phenoxy) is 2. The van der Waals surface area contributed by atoms with Gasteiger partial charge in [-0.1, -0.05) is 0 Å². The lowest BCUT2D eigenvalue weighted by atomic mass is 10.1. The van der Waals surface area contributed by atoms with Gasteiger partial charge in [0.1, 0.15) is 10.6 Å². The molecule has 1 aromatic carbocycles. The van der Waals surface area contributed by atoms with E-state index in [9.17, 15) is 13.2 Å². The van der Waals surface area contributed by atoms with Crippen molar-refractivity contribution in [3.63, 3.8) is 0 Å². The molecule has 2 aliphatic rings. The molecule has 0 aliphatic carbocycles. The van der Waals surface area contributed by atoms with Crippen molar-refractivity contribution >= 4 is 21.6 Å². The Bertz CT molecular complexity index is 1020. The molecule has 0 bridgehead atoms. The average Bonchev–Trinajstić information content (AvgIpc) is 3.26. The van der Waals surface area contributed by atoms with Crippen LogP contribution in [0, 0.1) is 6.92 Å². The highest BCUT2D eigenvalue weighted by molar-refractivity contribution is 7.92. The summed E-state index contributed by atoms with van der Waals surface area (Å²) in [6.07, 6.45) is 3.08. The third-order valence-corrected chi connectivity index (χ3v) is 6.76. The molecule has 0 radical (unpaired) electrons. The van der Waals surface area contributed by atoms with Crippen molar-refractivity contribution in [2.75, 3.05) is 24.6 Å². The van der Waals surface area contributed by atoms with Crippen molar-refractivity contribution in [1.29, 1.82) is 0 Å². The maximum Gasteiger partial charge on any atom is 0.270 e. The molecule has 28 heavy (non-hydrogen) atoms. The van der Waals surface area contributed by atoms with Crippen LogP contribution in [-0.2, 0) is 17.1 Å². The number of carbonyl (C=O) groups excluding carboxylic acids is 1. The van der Waals surface area contributed by atoms with E-state index in [1.165, 1.54) is 6.07 Å². The van der Waals surface area contributed by atoms with Crippen molar-refractivity contribution in [3.05, 3.63) is 35.7 Å². The molecule has 1 saturated heterocycles. The number of benzene rings is 1. The summed E-state index contributed by atoms with van der Waals surface area (Å²) in [5.41, 5.74) is 1.26. The largest absolute Gasteiger partial charge is 0.454 e. The summed E-state index contributed by atoms with van der Waals surface area (Å²) in [6, 6.07) is 6.31. The number of amides is 1. The number of nitrogens with one attached hydrogen (secondary N) is 1. The second-order valence-electron chi connectivity index (χ2n) is 7.06. The standard InChI is InChI=1S/C19H23N3O5S/c1-13-18(11-15(21(13)2)19(23)22-8-4-3-5-9-22)28(24,25)20-14-6-7-16-17(10-14)27-12-26-16/h6-7,10-11,20H,3-5,8-9,12H2,1-2H3. The molecular weight excluding hydrogens is 382 g/mol. The fourth-order valence-corrected chi connectivity index (χ4v) is 4.92. The number of likely N-dealkylation sites (tertiary alicyclic amines) is 1. The van der Waals surface area contributed by atoms with Gasteiger partial charge in [-0.2, -0.15) is 0 Å². The van der Waals surface area contributed by atoms with Crippen molar-refractivity contribution in [2.45, 2.75) is 31.1 Å². The number of hydrogen-bond donors (Lipinski definition) is 1. The summed E-state index contributed by atoms with van der Waals surface area (Å²) in [6.45, 7) is 3.23. The maximum atomic E-state index is 13.0. The molecule has 1 N–H and O–H groups in total. The van der Waals surface area contributed by atoms with Crippen LogP contribution in [0.15, 0.2) is 29.2 Å². The van der Waals surface area contributed by atoms with Gasteiger partial charge in [0, 0.05) is 31.9 Å². The Labute approximate surface area is 164 Å². The van der Waals surface area contributed by atoms with Crippen LogP contribution in [0.1, 0.15) is 35.4 Å². The predicted octanol–water partition coefficient (Wildman–Crippen LogP) is 2.49. The molecule has 0 atom stereocenters. The van der Waals surface area contributed by atoms with Gasteiger partial charge in [-0.3, -0.25) is 9.52 Å². The molecule has 150 valence electrons. The van der Waals surface area contributed by atoms with E-state index in [1.807, 2.05) is 0 Å². The number of anilines is 1. The molecule has 1 fully saturated rings. The number of sulfonamides is 1. The summed E-state index contributed by atoms with van der Waals surface area (Å²) >= 11 is 0. The number of hydrogen-bond acceptors (Lipinski definition) is 5. The third-order valence-electron chi connectivity index (χ3n) is 5.27. The second-order valence-corrected chi connectivity index (χ2v) is 8.72. The smallest absolute Gasteiger partial charge is 0.270 e. The molecule has 9 heteroatoms. The molecule has 1 aromatic heterocycles. The zero-order valence-corrected chi connectivity index (χ0v) is 16.7. The molecule has 0 saturated carbocycles. The lowest BCUT2D eigenvalue weighted by Crippen LogP contribution is -2.36. The zero-order chi connectivity index (χ0) is 19.9. The summed E-state index contributed by atoms with van der Waals surface area (Å²) in [7, 11) is -2.15. The van der Waals surface area contributed by atoms with E-state index in [0.717, 1.165) is 19.3 Å². The van der Waals surface area contributed by atoms with Gasteiger partial charge < -0.3 is 18.9 Å². The summed E-state index contributed by atoms with van der Waals surface area (Å²) in [5.74, 6) is 0.939. The molecule has 1 amide bonds. The molecule has 0 unspecified atom stereocenters. The van der Waals surface area contributed by atoms with E-state index >= 15 is 0 Å². The lowest BCUT2D eigenvalue weighted by molar-refractivity contribution is 0.0714. The van der Waals surface area contributed by atoms with Crippen LogP contribution in [0.25, 0.3) is 0 Å². The Morgan fingerprint density at radius 2 is 1.79 bits per heavy atom. The summed E-state index contributed by atoms with van der Waals surface area (Å²) in [4.78, 5) is 14.7. The van der Waals surface area contributed by atoms with Crippen LogP contribution in [0.5, 0.6) is 11.5 Å². The quantitative estimate of drug-likeness (QED) is 0.844. The lowest BCUT2D eigenvalue weighted by Gasteiger charge is -2.26. The molecule has 2 aliphatic heterocycles. The van der Waals surface area contributed by atoms with Crippen LogP contribution in [0.4, 0.5) is 5.69 Å². The second kappa shape index (κ2) is 7.05. The predicted molar refractivity (Wildman–Crippen MR) is 103 cm³/mol. The topological polar surface area (TPSA) is 89.9 Å². The van der Waals surface area contributed by atoms with Crippen LogP contribution in [-0.4, -0.2) is 43.7 Å². The number of fused-ring (bicyclic) bond motifs is 1. The zero-order valence-electron chi connectivity index (χ0n) is 15.9. The Morgan fingerprint density at radius 3 is 2.54 bits per heavy atom. The monoisotopic (exact) mass is 405 g/mol. The minimum absolute atomic E-state index is 0.0908. The first-order valence-electron chi connectivity index (χ1n) is 9.25. The van der Waals surface area contributed by atoms with Crippen LogP contribution in [0.3, 0.4) is 0 Å². The van der Waals surface area contributed by atoms with Gasteiger partial charge in [0.25, 0.3) is 15.9 Å². The summed E-state index contributed by atoms with van der Waals surface area (Å²) < 4.78 is 40.7. The van der Waals surface area contributed by atoms with E-state index in [4.69, 9.17) is 9.47 Å². The van der Waals surface area contributed by atoms with Gasteiger partial charge in [-0.05, 0) is 44.4 Å². The van der Waals surface area contributed by atoms with Crippen molar-refractivity contribution < 1.29 is 22.7 Å². The van der Waals surface area contributed by atoms with Gasteiger partial charge in [-0.15, -0.1) is 0 Å². The Balaban J connectivity index is 1.62. The van der Waals surface area contributed by atoms with Gasteiger partial charge in [0.2, 0.25) is 6.79 Å². The van der Waals surface area contributed by atoms with Gasteiger partial charge in [0.15, 0.2) is 11.5 Å². The van der Waals surface area contributed by atoms with Gasteiger partial charge in [-0.25, -0.2) is 8.42 Å². The van der Waals surface area contributed by atoms with Crippen LogP contribution in [0.2, 0.25) is 0 Å². The maximum absolute atomic E-state index is 13.0. The van der Waals surface area contributed by atoms with Crippen LogP contribution >= 0.6 is 0 Å². The first-order valence-corrected chi connectivity index (χ1v) is 10.7. The molecule has 8 nitrogen and oxygen atoms in total. The highest BCUT2D eigenvalue weighted by Gasteiger charge is 2.28. The number of piperidine rings is 1. The number of nitrogens with zero attached hydrogens (tertiary/aromatic N) is 2. The van der Waals surface area contributed by atoms with E-state index < -0.39 is 10.0 Å². The van der Waals surface area contributed by atoms with Crippen molar-refractivity contribution in [3.8, 4) is 11.5 Å². The first-order chi connectivity index (χ1) is 13.4. The Kier molecular flexibility index (Phi) is 4.70. The first kappa shape index (κ1) is 18.7. The highest BCUT2D eigenvalue weighted by atomic mass is 32.2. The Morgan fingerprint density at radius 1 is 1.07 bits per heavy atom. The molecular formula is C19H23N3O5S. The third kappa shape index (κ3) is 3.30. The highest BCUT2D eigenvalue weighted by Crippen LogP contribution is 2.35. The van der Waals surface area contributed by atoms with Crippen molar-refractivity contribution in [2.24, 2.45) is 7.05 Å². The number of aromatic nitrogens is 1. The Hall–Kier alpha value is -2.68. The average molecular weight is 405 g/mol. The number of carbonyl (C=O) groups is 1. The fraction of sp³-hybridized carbons (Fsp3) is 0.421. The molecule has 3 heterocycles. The molecule has 4 rings (SSSR count). The van der Waals surface area contributed by atoms with Crippen LogP contribution < -0.4 is 14.2 Å². The van der Waals surface area contributed by atoms with E-state index in [1.54, 1.807) is 41.6 Å².